The fraction of sp³-hybridized carbons (Fsp3) is 1.00. The molecule has 0 aromatic carbocycles. The van der Waals surface area contributed by atoms with E-state index in [9.17, 15) is 5.11 Å². The van der Waals surface area contributed by atoms with Gasteiger partial charge in [0.1, 0.15) is 0 Å². The second-order valence-electron chi connectivity index (χ2n) is 9.38. The number of likely N-dealkylation sites (N-methyl/N-ethyl adjacent to an activating group) is 1. The van der Waals surface area contributed by atoms with Crippen molar-refractivity contribution in [1.29, 1.82) is 0 Å². The molecule has 0 aromatic rings. The van der Waals surface area contributed by atoms with Crippen LogP contribution in [-0.2, 0) is 0 Å². The van der Waals surface area contributed by atoms with Crippen LogP contribution in [0.5, 0.6) is 0 Å². The van der Waals surface area contributed by atoms with Gasteiger partial charge in [0, 0.05) is 62.4 Å². The van der Waals surface area contributed by atoms with Gasteiger partial charge in [-0.3, -0.25) is 9.80 Å². The number of hydrogen-bond donors (Lipinski definition) is 2. The molecule has 5 heteroatoms. The summed E-state index contributed by atoms with van der Waals surface area (Å²) in [4.78, 5) is 7.47. The van der Waals surface area contributed by atoms with Crippen molar-refractivity contribution in [1.82, 2.24) is 20.0 Å². The van der Waals surface area contributed by atoms with E-state index in [0.717, 1.165) is 39.3 Å². The molecule has 3 aliphatic rings. The predicted molar refractivity (Wildman–Crippen MR) is 94.8 cm³/mol. The Bertz CT molecular complexity index is 401. The Morgan fingerprint density at radius 3 is 2.00 bits per heavy atom. The number of hydrogen-bond acceptors (Lipinski definition) is 5. The quantitative estimate of drug-likeness (QED) is 0.778. The monoisotopic (exact) mass is 324 g/mol. The molecule has 0 aliphatic carbocycles. The Hall–Kier alpha value is -0.200. The summed E-state index contributed by atoms with van der Waals surface area (Å²) in [6.45, 7) is 15.5. The van der Waals surface area contributed by atoms with E-state index in [4.69, 9.17) is 0 Å². The molecule has 3 saturated heterocycles. The van der Waals surface area contributed by atoms with Crippen LogP contribution in [0, 0.1) is 0 Å². The van der Waals surface area contributed by atoms with Crippen molar-refractivity contribution in [2.45, 2.75) is 69.8 Å². The number of piperidine rings is 1. The fourth-order valence-electron chi connectivity index (χ4n) is 5.14. The lowest BCUT2D eigenvalue weighted by atomic mass is 9.79. The van der Waals surface area contributed by atoms with Crippen molar-refractivity contribution in [3.63, 3.8) is 0 Å². The first-order chi connectivity index (χ1) is 10.7. The van der Waals surface area contributed by atoms with Crippen LogP contribution in [0.15, 0.2) is 0 Å². The number of likely N-dealkylation sites (tertiary alicyclic amines) is 1. The average Bonchev–Trinajstić information content (AvgIpc) is 2.78. The van der Waals surface area contributed by atoms with Gasteiger partial charge < -0.3 is 15.3 Å². The SMILES string of the molecule is CN1CCN([C@H]2CN(C3CC(C)(C)NC(C)(C)C3)C[C@@H]2O)CC1. The normalized spacial score (nSPS) is 37.3. The van der Waals surface area contributed by atoms with E-state index in [1.54, 1.807) is 0 Å². The molecule has 0 aromatic heterocycles. The average molecular weight is 325 g/mol. The molecular weight excluding hydrogens is 288 g/mol. The van der Waals surface area contributed by atoms with Crippen molar-refractivity contribution < 1.29 is 5.11 Å². The highest BCUT2D eigenvalue weighted by Crippen LogP contribution is 2.33. The lowest BCUT2D eigenvalue weighted by Crippen LogP contribution is -2.62. The largest absolute Gasteiger partial charge is 0.390 e. The van der Waals surface area contributed by atoms with Crippen LogP contribution in [0.4, 0.5) is 0 Å². The first-order valence-electron chi connectivity index (χ1n) is 9.29. The molecule has 2 atom stereocenters. The van der Waals surface area contributed by atoms with Crippen molar-refractivity contribution in [2.24, 2.45) is 0 Å². The topological polar surface area (TPSA) is 42.0 Å². The summed E-state index contributed by atoms with van der Waals surface area (Å²) in [5, 5.41) is 14.4. The van der Waals surface area contributed by atoms with Crippen LogP contribution in [0.3, 0.4) is 0 Å². The predicted octanol–water partition coefficient (Wildman–Crippen LogP) is 0.588. The molecule has 0 saturated carbocycles. The molecule has 0 unspecified atom stereocenters. The van der Waals surface area contributed by atoms with Gasteiger partial charge in [0.2, 0.25) is 0 Å². The standard InChI is InChI=1S/C18H36N4O/c1-17(2)10-14(11-18(3,4)19-17)22-12-15(16(23)13-22)21-8-6-20(5)7-9-21/h14-16,19,23H,6-13H2,1-5H3/t15-,16-/m0/s1. The molecule has 3 aliphatic heterocycles. The van der Waals surface area contributed by atoms with Crippen LogP contribution >= 0.6 is 0 Å². The minimum atomic E-state index is -0.195. The van der Waals surface area contributed by atoms with Gasteiger partial charge in [0.15, 0.2) is 0 Å². The van der Waals surface area contributed by atoms with Crippen LogP contribution < -0.4 is 5.32 Å². The molecular formula is C18H36N4O. The Morgan fingerprint density at radius 2 is 1.43 bits per heavy atom. The maximum absolute atomic E-state index is 10.7. The van der Waals surface area contributed by atoms with Crippen LogP contribution in [0.25, 0.3) is 0 Å². The lowest BCUT2D eigenvalue weighted by molar-refractivity contribution is 0.0512. The van der Waals surface area contributed by atoms with E-state index in [1.807, 2.05) is 0 Å². The molecule has 23 heavy (non-hydrogen) atoms. The van der Waals surface area contributed by atoms with Crippen molar-refractivity contribution in [2.75, 3.05) is 46.3 Å². The van der Waals surface area contributed by atoms with Gasteiger partial charge in [-0.1, -0.05) is 0 Å². The number of nitrogens with one attached hydrogen (secondary N) is 1. The van der Waals surface area contributed by atoms with E-state index in [-0.39, 0.29) is 17.2 Å². The second kappa shape index (κ2) is 6.26. The Balaban J connectivity index is 1.64. The van der Waals surface area contributed by atoms with E-state index in [2.05, 4.69) is 54.8 Å². The summed E-state index contributed by atoms with van der Waals surface area (Å²) in [5.74, 6) is 0. The summed E-state index contributed by atoms with van der Waals surface area (Å²) in [6, 6.07) is 0.901. The zero-order valence-corrected chi connectivity index (χ0v) is 15.7. The Labute approximate surface area is 142 Å². The number of rotatable bonds is 2. The number of aliphatic hydroxyl groups is 1. The second-order valence-corrected chi connectivity index (χ2v) is 9.38. The molecule has 3 rings (SSSR count). The molecule has 0 radical (unpaired) electrons. The molecule has 134 valence electrons. The lowest BCUT2D eigenvalue weighted by Gasteiger charge is -2.49. The zero-order valence-electron chi connectivity index (χ0n) is 15.7. The minimum Gasteiger partial charge on any atom is -0.390 e. The molecule has 2 N–H and O–H groups in total. The third kappa shape index (κ3) is 4.07. The van der Waals surface area contributed by atoms with Crippen LogP contribution in [0.1, 0.15) is 40.5 Å². The van der Waals surface area contributed by atoms with Crippen molar-refractivity contribution in [3.05, 3.63) is 0 Å². The minimum absolute atomic E-state index is 0.170. The number of aliphatic hydroxyl groups excluding tert-OH is 1. The maximum atomic E-state index is 10.7. The highest BCUT2D eigenvalue weighted by molar-refractivity contribution is 5.03. The molecule has 5 nitrogen and oxygen atoms in total. The van der Waals surface area contributed by atoms with E-state index >= 15 is 0 Å². The molecule has 0 spiro atoms. The summed E-state index contributed by atoms with van der Waals surface area (Å²) >= 11 is 0. The third-order valence-corrected chi connectivity index (χ3v) is 5.98. The van der Waals surface area contributed by atoms with E-state index < -0.39 is 0 Å². The first-order valence-corrected chi connectivity index (χ1v) is 9.29. The highest BCUT2D eigenvalue weighted by Gasteiger charge is 2.44. The molecule has 3 heterocycles. The van der Waals surface area contributed by atoms with Gasteiger partial charge in [-0.2, -0.15) is 0 Å². The summed E-state index contributed by atoms with van der Waals surface area (Å²) in [7, 11) is 2.19. The van der Waals surface area contributed by atoms with E-state index in [1.165, 1.54) is 12.8 Å². The van der Waals surface area contributed by atoms with Gasteiger partial charge in [-0.05, 0) is 47.6 Å². The summed E-state index contributed by atoms with van der Waals surface area (Å²) in [5.41, 5.74) is 0.340. The van der Waals surface area contributed by atoms with Gasteiger partial charge in [0.05, 0.1) is 6.10 Å². The maximum Gasteiger partial charge on any atom is 0.0834 e. The van der Waals surface area contributed by atoms with Gasteiger partial charge in [0.25, 0.3) is 0 Å². The molecule has 0 amide bonds. The van der Waals surface area contributed by atoms with Gasteiger partial charge >= 0.3 is 0 Å². The molecule has 3 fully saturated rings. The van der Waals surface area contributed by atoms with Crippen molar-refractivity contribution in [3.8, 4) is 0 Å². The highest BCUT2D eigenvalue weighted by atomic mass is 16.3. The van der Waals surface area contributed by atoms with Gasteiger partial charge in [-0.25, -0.2) is 0 Å². The fourth-order valence-corrected chi connectivity index (χ4v) is 5.14. The first kappa shape index (κ1) is 17.6. The van der Waals surface area contributed by atoms with Crippen LogP contribution in [-0.4, -0.2) is 95.4 Å². The summed E-state index contributed by atoms with van der Waals surface area (Å²) < 4.78 is 0. The summed E-state index contributed by atoms with van der Waals surface area (Å²) in [6.07, 6.45) is 2.14. The molecule has 0 bridgehead atoms. The van der Waals surface area contributed by atoms with Crippen molar-refractivity contribution >= 4 is 0 Å². The number of nitrogens with zero attached hydrogens (tertiary/aromatic N) is 3. The third-order valence-electron chi connectivity index (χ3n) is 5.98. The number of piperazine rings is 1. The smallest absolute Gasteiger partial charge is 0.0834 e. The Morgan fingerprint density at radius 1 is 0.870 bits per heavy atom. The van der Waals surface area contributed by atoms with E-state index in [0.29, 0.717) is 12.1 Å². The Kier molecular flexibility index (Phi) is 4.80. The van der Waals surface area contributed by atoms with Gasteiger partial charge in [-0.15, -0.1) is 0 Å². The van der Waals surface area contributed by atoms with Crippen LogP contribution in [0.2, 0.25) is 0 Å². The zero-order chi connectivity index (χ0) is 16.8. The number of β-amino-alcohol motifs (C(OH)–C–C–N with tert-alkyl or cyclic N) is 1.